The van der Waals surface area contributed by atoms with E-state index in [1.54, 1.807) is 0 Å². The van der Waals surface area contributed by atoms with E-state index in [0.29, 0.717) is 18.6 Å². The minimum absolute atomic E-state index is 0.0763. The molecule has 1 saturated carbocycles. The maximum absolute atomic E-state index is 9.52. The van der Waals surface area contributed by atoms with Crippen LogP contribution in [0.1, 0.15) is 44.7 Å². The summed E-state index contributed by atoms with van der Waals surface area (Å²) in [7, 11) is 0. The van der Waals surface area contributed by atoms with Crippen molar-refractivity contribution in [3.05, 3.63) is 29.8 Å². The summed E-state index contributed by atoms with van der Waals surface area (Å²) in [5.41, 5.74) is 1.28. The lowest BCUT2D eigenvalue weighted by atomic mass is 10.1. The van der Waals surface area contributed by atoms with E-state index in [1.807, 2.05) is 19.1 Å². The first-order valence-corrected chi connectivity index (χ1v) is 7.33. The van der Waals surface area contributed by atoms with Crippen molar-refractivity contribution >= 4 is 0 Å². The van der Waals surface area contributed by atoms with Crippen molar-refractivity contribution < 1.29 is 9.84 Å². The molecule has 2 rings (SSSR count). The summed E-state index contributed by atoms with van der Waals surface area (Å²) in [6, 6.07) is 8.62. The Morgan fingerprint density at radius 1 is 1.32 bits per heavy atom. The van der Waals surface area contributed by atoms with Crippen LogP contribution in [-0.4, -0.2) is 24.4 Å². The van der Waals surface area contributed by atoms with Crippen LogP contribution in [0.5, 0.6) is 5.75 Å². The minimum Gasteiger partial charge on any atom is -0.494 e. The number of hydrogen-bond donors (Lipinski definition) is 2. The average Bonchev–Trinajstić information content (AvgIpc) is 2.83. The molecule has 2 N–H and O–H groups in total. The Kier molecular flexibility index (Phi) is 5.23. The molecule has 0 bridgehead atoms. The third-order valence-corrected chi connectivity index (χ3v) is 3.92. The molecule has 0 aromatic heterocycles. The fourth-order valence-electron chi connectivity index (χ4n) is 2.71. The van der Waals surface area contributed by atoms with Gasteiger partial charge in [0, 0.05) is 6.04 Å². The van der Waals surface area contributed by atoms with Crippen molar-refractivity contribution in [1.29, 1.82) is 0 Å². The van der Waals surface area contributed by atoms with Gasteiger partial charge in [-0.05, 0) is 63.3 Å². The maximum atomic E-state index is 9.52. The van der Waals surface area contributed by atoms with Crippen molar-refractivity contribution in [3.63, 3.8) is 0 Å². The highest BCUT2D eigenvalue weighted by Gasteiger charge is 2.22. The predicted octanol–water partition coefficient (Wildman–Crippen LogP) is 2.90. The first kappa shape index (κ1) is 14.4. The summed E-state index contributed by atoms with van der Waals surface area (Å²) in [6.07, 6.45) is 2.98. The van der Waals surface area contributed by atoms with E-state index in [1.165, 1.54) is 5.56 Å². The Bertz CT molecular complexity index is 377. The molecule has 3 unspecified atom stereocenters. The normalized spacial score (nSPS) is 24.4. The zero-order chi connectivity index (χ0) is 13.7. The number of aliphatic hydroxyl groups is 1. The molecular formula is C16H25NO2. The molecule has 1 aromatic carbocycles. The second-order valence-corrected chi connectivity index (χ2v) is 5.46. The molecule has 0 spiro atoms. The zero-order valence-electron chi connectivity index (χ0n) is 11.9. The van der Waals surface area contributed by atoms with Gasteiger partial charge in [0.15, 0.2) is 0 Å². The molecule has 3 heteroatoms. The smallest absolute Gasteiger partial charge is 0.119 e. The van der Waals surface area contributed by atoms with Crippen LogP contribution in [-0.2, 0) is 0 Å². The molecule has 0 heterocycles. The molecule has 0 amide bonds. The molecule has 0 aliphatic heterocycles. The maximum Gasteiger partial charge on any atom is 0.119 e. The second kappa shape index (κ2) is 6.92. The van der Waals surface area contributed by atoms with E-state index in [2.05, 4.69) is 24.4 Å². The topological polar surface area (TPSA) is 41.5 Å². The van der Waals surface area contributed by atoms with Gasteiger partial charge in [0.2, 0.25) is 0 Å². The number of nitrogens with one attached hydrogen (secondary N) is 1. The zero-order valence-corrected chi connectivity index (χ0v) is 11.9. The second-order valence-electron chi connectivity index (χ2n) is 5.46. The van der Waals surface area contributed by atoms with Gasteiger partial charge in [-0.3, -0.25) is 0 Å². The third-order valence-electron chi connectivity index (χ3n) is 3.92. The molecule has 1 aliphatic rings. The Labute approximate surface area is 116 Å². The van der Waals surface area contributed by atoms with Gasteiger partial charge in [-0.1, -0.05) is 12.1 Å². The van der Waals surface area contributed by atoms with Crippen LogP contribution in [0, 0.1) is 5.92 Å². The summed E-state index contributed by atoms with van der Waals surface area (Å²) >= 11 is 0. The van der Waals surface area contributed by atoms with E-state index in [9.17, 15) is 5.11 Å². The highest BCUT2D eigenvalue weighted by molar-refractivity contribution is 5.28. The van der Waals surface area contributed by atoms with Gasteiger partial charge in [0.05, 0.1) is 12.7 Å². The van der Waals surface area contributed by atoms with Crippen LogP contribution in [0.4, 0.5) is 0 Å². The van der Waals surface area contributed by atoms with Gasteiger partial charge < -0.3 is 15.2 Å². The van der Waals surface area contributed by atoms with Crippen LogP contribution in [0.15, 0.2) is 24.3 Å². The third kappa shape index (κ3) is 4.22. The Hall–Kier alpha value is -1.06. The lowest BCUT2D eigenvalue weighted by Gasteiger charge is -2.18. The predicted molar refractivity (Wildman–Crippen MR) is 77.4 cm³/mol. The van der Waals surface area contributed by atoms with E-state index in [-0.39, 0.29) is 6.10 Å². The Morgan fingerprint density at radius 3 is 2.63 bits per heavy atom. The van der Waals surface area contributed by atoms with Gasteiger partial charge in [0.1, 0.15) is 5.75 Å². The fourth-order valence-corrected chi connectivity index (χ4v) is 2.71. The SMILES string of the molecule is CCOc1ccc(C(C)NCC2CCC(O)C2)cc1. The van der Waals surface area contributed by atoms with Crippen molar-refractivity contribution in [1.82, 2.24) is 5.32 Å². The Morgan fingerprint density at radius 2 is 2.05 bits per heavy atom. The van der Waals surface area contributed by atoms with Crippen molar-refractivity contribution in [2.45, 2.75) is 45.3 Å². The van der Waals surface area contributed by atoms with Crippen LogP contribution in [0.25, 0.3) is 0 Å². The molecule has 1 aromatic rings. The van der Waals surface area contributed by atoms with Crippen LogP contribution < -0.4 is 10.1 Å². The first-order valence-electron chi connectivity index (χ1n) is 7.33. The van der Waals surface area contributed by atoms with Gasteiger partial charge in [-0.2, -0.15) is 0 Å². The Balaban J connectivity index is 1.80. The molecule has 106 valence electrons. The van der Waals surface area contributed by atoms with E-state index >= 15 is 0 Å². The standard InChI is InChI=1S/C16H25NO2/c1-3-19-16-8-5-14(6-9-16)12(2)17-11-13-4-7-15(18)10-13/h5-6,8-9,12-13,15,17-18H,3-4,7,10-11H2,1-2H3. The summed E-state index contributed by atoms with van der Waals surface area (Å²) in [5.74, 6) is 1.55. The van der Waals surface area contributed by atoms with Crippen molar-refractivity contribution in [2.75, 3.05) is 13.2 Å². The summed E-state index contributed by atoms with van der Waals surface area (Å²) in [6.45, 7) is 5.87. The number of rotatable bonds is 6. The summed E-state index contributed by atoms with van der Waals surface area (Å²) < 4.78 is 5.45. The number of hydrogen-bond acceptors (Lipinski definition) is 3. The molecule has 1 fully saturated rings. The van der Waals surface area contributed by atoms with Gasteiger partial charge in [0.25, 0.3) is 0 Å². The van der Waals surface area contributed by atoms with Gasteiger partial charge in [-0.15, -0.1) is 0 Å². The van der Waals surface area contributed by atoms with Gasteiger partial charge >= 0.3 is 0 Å². The first-order chi connectivity index (χ1) is 9.19. The van der Waals surface area contributed by atoms with E-state index < -0.39 is 0 Å². The van der Waals surface area contributed by atoms with Crippen LogP contribution >= 0.6 is 0 Å². The minimum atomic E-state index is -0.0763. The molecule has 3 nitrogen and oxygen atoms in total. The number of ether oxygens (including phenoxy) is 1. The summed E-state index contributed by atoms with van der Waals surface area (Å²) in [5, 5.41) is 13.1. The number of aliphatic hydroxyl groups excluding tert-OH is 1. The molecule has 3 atom stereocenters. The summed E-state index contributed by atoms with van der Waals surface area (Å²) in [4.78, 5) is 0. The molecule has 19 heavy (non-hydrogen) atoms. The highest BCUT2D eigenvalue weighted by atomic mass is 16.5. The highest BCUT2D eigenvalue weighted by Crippen LogP contribution is 2.25. The molecule has 0 saturated heterocycles. The lowest BCUT2D eigenvalue weighted by Crippen LogP contribution is -2.25. The molecule has 0 radical (unpaired) electrons. The average molecular weight is 263 g/mol. The molecule has 1 aliphatic carbocycles. The molecular weight excluding hydrogens is 238 g/mol. The van der Waals surface area contributed by atoms with Crippen molar-refractivity contribution in [2.24, 2.45) is 5.92 Å². The quantitative estimate of drug-likeness (QED) is 0.829. The number of benzene rings is 1. The van der Waals surface area contributed by atoms with Gasteiger partial charge in [-0.25, -0.2) is 0 Å². The van der Waals surface area contributed by atoms with E-state index in [0.717, 1.165) is 31.6 Å². The van der Waals surface area contributed by atoms with E-state index in [4.69, 9.17) is 4.74 Å². The largest absolute Gasteiger partial charge is 0.494 e. The fraction of sp³-hybridized carbons (Fsp3) is 0.625. The van der Waals surface area contributed by atoms with Crippen LogP contribution in [0.2, 0.25) is 0 Å². The lowest BCUT2D eigenvalue weighted by molar-refractivity contribution is 0.177. The monoisotopic (exact) mass is 263 g/mol. The van der Waals surface area contributed by atoms with Crippen LogP contribution in [0.3, 0.4) is 0 Å². The van der Waals surface area contributed by atoms with Crippen molar-refractivity contribution in [3.8, 4) is 5.75 Å².